The van der Waals surface area contributed by atoms with Crippen LogP contribution in [0.3, 0.4) is 0 Å². The molecule has 26 heavy (non-hydrogen) atoms. The number of benzene rings is 2. The van der Waals surface area contributed by atoms with Crippen LogP contribution in [0.25, 0.3) is 10.1 Å². The van der Waals surface area contributed by atoms with Crippen LogP contribution < -0.4 is 10.6 Å². The number of halogens is 3. The zero-order valence-electron chi connectivity index (χ0n) is 13.3. The molecule has 0 fully saturated rings. The molecule has 0 aliphatic rings. The Balaban J connectivity index is 1.57. The SMILES string of the molecule is O=C(NCCNC(=O)c1sc2cc(F)ccc2c1Cl)c1ccccc1F. The number of nitrogens with one attached hydrogen (secondary N) is 2. The first-order chi connectivity index (χ1) is 12.5. The van der Waals surface area contributed by atoms with Gasteiger partial charge in [0.15, 0.2) is 0 Å². The van der Waals surface area contributed by atoms with Crippen molar-refractivity contribution in [2.45, 2.75) is 0 Å². The first kappa shape index (κ1) is 18.3. The van der Waals surface area contributed by atoms with E-state index >= 15 is 0 Å². The Hall–Kier alpha value is -2.51. The minimum atomic E-state index is -0.613. The van der Waals surface area contributed by atoms with Gasteiger partial charge in [-0.2, -0.15) is 0 Å². The third kappa shape index (κ3) is 3.84. The van der Waals surface area contributed by atoms with Crippen molar-refractivity contribution in [3.05, 3.63) is 69.6 Å². The lowest BCUT2D eigenvalue weighted by Crippen LogP contribution is -2.34. The lowest BCUT2D eigenvalue weighted by Gasteiger charge is -2.07. The maximum Gasteiger partial charge on any atom is 0.262 e. The number of rotatable bonds is 5. The smallest absolute Gasteiger partial charge is 0.262 e. The van der Waals surface area contributed by atoms with Crippen LogP contribution in [0.15, 0.2) is 42.5 Å². The maximum atomic E-state index is 13.5. The van der Waals surface area contributed by atoms with Gasteiger partial charge in [0.25, 0.3) is 11.8 Å². The Morgan fingerprint density at radius 1 is 1.00 bits per heavy atom. The summed E-state index contributed by atoms with van der Waals surface area (Å²) in [5, 5.41) is 6.01. The highest BCUT2D eigenvalue weighted by atomic mass is 35.5. The molecule has 0 bridgehead atoms. The van der Waals surface area contributed by atoms with Crippen molar-refractivity contribution >= 4 is 44.8 Å². The molecule has 0 aliphatic heterocycles. The monoisotopic (exact) mass is 394 g/mol. The third-order valence-electron chi connectivity index (χ3n) is 3.61. The molecule has 0 saturated carbocycles. The Morgan fingerprint density at radius 3 is 2.42 bits per heavy atom. The molecule has 1 aromatic heterocycles. The molecule has 2 N–H and O–H groups in total. The van der Waals surface area contributed by atoms with Crippen molar-refractivity contribution in [2.75, 3.05) is 13.1 Å². The predicted octanol–water partition coefficient (Wildman–Crippen LogP) is 3.99. The van der Waals surface area contributed by atoms with Gasteiger partial charge in [0, 0.05) is 23.2 Å². The second-order valence-electron chi connectivity index (χ2n) is 5.38. The molecule has 3 rings (SSSR count). The van der Waals surface area contributed by atoms with E-state index in [0.29, 0.717) is 10.1 Å². The number of carbonyl (C=O) groups is 2. The molecule has 0 saturated heterocycles. The molecule has 3 aromatic rings. The van der Waals surface area contributed by atoms with E-state index in [1.54, 1.807) is 6.07 Å². The van der Waals surface area contributed by atoms with E-state index in [1.807, 2.05) is 0 Å². The molecule has 2 amide bonds. The predicted molar refractivity (Wildman–Crippen MR) is 97.9 cm³/mol. The summed E-state index contributed by atoms with van der Waals surface area (Å²) >= 11 is 7.27. The zero-order valence-corrected chi connectivity index (χ0v) is 14.9. The van der Waals surface area contributed by atoms with Gasteiger partial charge in [0.2, 0.25) is 0 Å². The minimum absolute atomic E-state index is 0.0617. The molecule has 1 heterocycles. The van der Waals surface area contributed by atoms with Crippen molar-refractivity contribution in [2.24, 2.45) is 0 Å². The average molecular weight is 395 g/mol. The van der Waals surface area contributed by atoms with Gasteiger partial charge in [-0.3, -0.25) is 9.59 Å². The normalized spacial score (nSPS) is 10.7. The fourth-order valence-corrected chi connectivity index (χ4v) is 3.82. The van der Waals surface area contributed by atoms with Crippen LogP contribution in [-0.4, -0.2) is 24.9 Å². The van der Waals surface area contributed by atoms with Gasteiger partial charge in [-0.05, 0) is 30.3 Å². The van der Waals surface area contributed by atoms with Crippen molar-refractivity contribution in [1.82, 2.24) is 10.6 Å². The Bertz CT molecular complexity index is 990. The van der Waals surface area contributed by atoms with E-state index in [1.165, 1.54) is 36.4 Å². The molecule has 2 aromatic carbocycles. The van der Waals surface area contributed by atoms with Crippen LogP contribution in [0.5, 0.6) is 0 Å². The van der Waals surface area contributed by atoms with Gasteiger partial charge in [-0.15, -0.1) is 11.3 Å². The van der Waals surface area contributed by atoms with Crippen LogP contribution in [0.4, 0.5) is 8.78 Å². The number of hydrogen-bond donors (Lipinski definition) is 2. The van der Waals surface area contributed by atoms with E-state index < -0.39 is 23.4 Å². The minimum Gasteiger partial charge on any atom is -0.350 e. The summed E-state index contributed by atoms with van der Waals surface area (Å²) in [5.41, 5.74) is -0.0617. The number of carbonyl (C=O) groups excluding carboxylic acids is 2. The molecule has 0 unspecified atom stereocenters. The van der Waals surface area contributed by atoms with E-state index in [4.69, 9.17) is 11.6 Å². The van der Waals surface area contributed by atoms with E-state index in [9.17, 15) is 18.4 Å². The molecular weight excluding hydrogens is 382 g/mol. The lowest BCUT2D eigenvalue weighted by molar-refractivity contribution is 0.0927. The van der Waals surface area contributed by atoms with Gasteiger partial charge in [-0.25, -0.2) is 8.78 Å². The van der Waals surface area contributed by atoms with Crippen molar-refractivity contribution in [1.29, 1.82) is 0 Å². The highest BCUT2D eigenvalue weighted by Gasteiger charge is 2.17. The average Bonchev–Trinajstić information content (AvgIpc) is 2.94. The fraction of sp³-hybridized carbons (Fsp3) is 0.111. The molecule has 0 spiro atoms. The first-order valence-electron chi connectivity index (χ1n) is 7.66. The lowest BCUT2D eigenvalue weighted by atomic mass is 10.2. The highest BCUT2D eigenvalue weighted by molar-refractivity contribution is 7.21. The van der Waals surface area contributed by atoms with Crippen LogP contribution >= 0.6 is 22.9 Å². The summed E-state index contributed by atoms with van der Waals surface area (Å²) in [5.74, 6) is -2.00. The zero-order chi connectivity index (χ0) is 18.7. The summed E-state index contributed by atoms with van der Waals surface area (Å²) < 4.78 is 27.3. The molecule has 0 radical (unpaired) electrons. The van der Waals surface area contributed by atoms with E-state index in [0.717, 1.165) is 11.3 Å². The van der Waals surface area contributed by atoms with Crippen molar-refractivity contribution in [3.8, 4) is 0 Å². The van der Waals surface area contributed by atoms with Crippen LogP contribution in [0.1, 0.15) is 20.0 Å². The van der Waals surface area contributed by atoms with E-state index in [2.05, 4.69) is 10.6 Å². The second kappa shape index (κ2) is 7.80. The van der Waals surface area contributed by atoms with Gasteiger partial charge in [0.05, 0.1) is 10.6 Å². The van der Waals surface area contributed by atoms with E-state index in [-0.39, 0.29) is 28.6 Å². The van der Waals surface area contributed by atoms with Crippen LogP contribution in [0, 0.1) is 11.6 Å². The molecular formula is C18H13ClF2N2O2S. The maximum absolute atomic E-state index is 13.5. The van der Waals surface area contributed by atoms with Gasteiger partial charge < -0.3 is 10.6 Å². The molecule has 0 atom stereocenters. The standard InChI is InChI=1S/C18H13ClF2N2O2S/c19-15-12-6-5-10(20)9-14(12)26-16(15)18(25)23-8-7-22-17(24)11-3-1-2-4-13(11)21/h1-6,9H,7-8H2,(H,22,24)(H,23,25). The molecule has 8 heteroatoms. The number of amides is 2. The second-order valence-corrected chi connectivity index (χ2v) is 6.81. The Labute approximate surface area is 156 Å². The van der Waals surface area contributed by atoms with Gasteiger partial charge in [0.1, 0.15) is 16.5 Å². The van der Waals surface area contributed by atoms with Crippen LogP contribution in [0.2, 0.25) is 5.02 Å². The van der Waals surface area contributed by atoms with Gasteiger partial charge >= 0.3 is 0 Å². The summed E-state index contributed by atoms with van der Waals surface area (Å²) in [6.45, 7) is 0.258. The quantitative estimate of drug-likeness (QED) is 0.643. The Morgan fingerprint density at radius 2 is 1.69 bits per heavy atom. The number of thiophene rings is 1. The third-order valence-corrected chi connectivity index (χ3v) is 5.27. The summed E-state index contributed by atoms with van der Waals surface area (Å²) in [4.78, 5) is 24.4. The molecule has 134 valence electrons. The summed E-state index contributed by atoms with van der Waals surface area (Å²) in [6.07, 6.45) is 0. The van der Waals surface area contributed by atoms with Crippen LogP contribution in [-0.2, 0) is 0 Å². The molecule has 4 nitrogen and oxygen atoms in total. The van der Waals surface area contributed by atoms with Crippen molar-refractivity contribution in [3.63, 3.8) is 0 Å². The number of hydrogen-bond acceptors (Lipinski definition) is 3. The number of fused-ring (bicyclic) bond motifs is 1. The Kier molecular flexibility index (Phi) is 5.49. The van der Waals surface area contributed by atoms with Gasteiger partial charge in [-0.1, -0.05) is 23.7 Å². The first-order valence-corrected chi connectivity index (χ1v) is 8.85. The van der Waals surface area contributed by atoms with Crippen molar-refractivity contribution < 1.29 is 18.4 Å². The fourth-order valence-electron chi connectivity index (χ4n) is 2.36. The topological polar surface area (TPSA) is 58.2 Å². The highest BCUT2D eigenvalue weighted by Crippen LogP contribution is 2.35. The summed E-state index contributed by atoms with van der Waals surface area (Å²) in [6, 6.07) is 9.74. The largest absolute Gasteiger partial charge is 0.350 e. The summed E-state index contributed by atoms with van der Waals surface area (Å²) in [7, 11) is 0. The molecule has 0 aliphatic carbocycles.